The molecule has 0 atom stereocenters. The first-order chi connectivity index (χ1) is 10.4. The Morgan fingerprint density at radius 1 is 1.14 bits per heavy atom. The average Bonchev–Trinajstić information content (AvgIpc) is 2.48. The van der Waals surface area contributed by atoms with E-state index >= 15 is 0 Å². The molecule has 116 valence electrons. The van der Waals surface area contributed by atoms with Crippen molar-refractivity contribution in [3.8, 4) is 5.75 Å². The highest BCUT2D eigenvalue weighted by Crippen LogP contribution is 2.21. The van der Waals surface area contributed by atoms with E-state index in [9.17, 15) is 4.79 Å². The van der Waals surface area contributed by atoms with Crippen molar-refractivity contribution in [2.24, 2.45) is 0 Å². The molecule has 2 N–H and O–H groups in total. The van der Waals surface area contributed by atoms with Crippen LogP contribution in [0.3, 0.4) is 0 Å². The fraction of sp³-hybridized carbons (Fsp3) is 0.235. The summed E-state index contributed by atoms with van der Waals surface area (Å²) in [5.41, 5.74) is 0.797. The van der Waals surface area contributed by atoms with E-state index in [1.807, 2.05) is 36.4 Å². The molecule has 0 aliphatic heterocycles. The number of carboxylic acids is 1. The molecule has 0 heterocycles. The summed E-state index contributed by atoms with van der Waals surface area (Å²) in [5, 5.41) is 13.0. The topological polar surface area (TPSA) is 58.6 Å². The quantitative estimate of drug-likeness (QED) is 0.838. The van der Waals surface area contributed by atoms with Crippen LogP contribution in [0.2, 0.25) is 5.02 Å². The molecule has 2 aromatic rings. The van der Waals surface area contributed by atoms with Gasteiger partial charge in [-0.2, -0.15) is 0 Å². The number of halogens is 1. The van der Waals surface area contributed by atoms with Gasteiger partial charge in [0.25, 0.3) is 0 Å². The molecule has 0 aliphatic carbocycles. The molecule has 0 saturated carbocycles. The minimum Gasteiger partial charge on any atom is -0.478 e. The van der Waals surface area contributed by atoms with E-state index in [-0.39, 0.29) is 0 Å². The van der Waals surface area contributed by atoms with Gasteiger partial charge in [-0.1, -0.05) is 23.7 Å². The number of anilines is 1. The maximum Gasteiger partial charge on any atom is 0.347 e. The Hall–Kier alpha value is -2.20. The Morgan fingerprint density at radius 2 is 1.73 bits per heavy atom. The van der Waals surface area contributed by atoms with Gasteiger partial charge in [0.15, 0.2) is 5.60 Å². The lowest BCUT2D eigenvalue weighted by atomic mass is 10.1. The molecule has 0 unspecified atom stereocenters. The summed E-state index contributed by atoms with van der Waals surface area (Å²) in [6.07, 6.45) is 0. The van der Waals surface area contributed by atoms with Crippen molar-refractivity contribution >= 4 is 23.3 Å². The molecule has 0 radical (unpaired) electrons. The van der Waals surface area contributed by atoms with Gasteiger partial charge in [-0.15, -0.1) is 0 Å². The molecule has 2 rings (SSSR count). The molecule has 0 spiro atoms. The molecule has 4 nitrogen and oxygen atoms in total. The van der Waals surface area contributed by atoms with E-state index in [0.29, 0.717) is 17.3 Å². The summed E-state index contributed by atoms with van der Waals surface area (Å²) in [4.78, 5) is 11.0. The largest absolute Gasteiger partial charge is 0.478 e. The van der Waals surface area contributed by atoms with E-state index < -0.39 is 11.6 Å². The van der Waals surface area contributed by atoms with Crippen LogP contribution in [0.4, 0.5) is 5.69 Å². The van der Waals surface area contributed by atoms with Gasteiger partial charge in [0.1, 0.15) is 5.75 Å². The summed E-state index contributed by atoms with van der Waals surface area (Å²) in [6.45, 7) is 3.71. The van der Waals surface area contributed by atoms with Crippen molar-refractivity contribution in [2.75, 3.05) is 5.32 Å². The van der Waals surface area contributed by atoms with Gasteiger partial charge >= 0.3 is 5.97 Å². The van der Waals surface area contributed by atoms with Crippen LogP contribution in [0.5, 0.6) is 5.75 Å². The third-order valence-corrected chi connectivity index (χ3v) is 3.40. The number of aliphatic carboxylic acids is 1. The molecule has 0 saturated heterocycles. The first-order valence-corrected chi connectivity index (χ1v) is 7.25. The zero-order valence-corrected chi connectivity index (χ0v) is 13.2. The SMILES string of the molecule is CC(C)(Oc1ccc(NCc2ccc(Cl)cc2)cc1)C(=O)O. The number of carbonyl (C=O) groups is 1. The van der Waals surface area contributed by atoms with Gasteiger partial charge in [-0.3, -0.25) is 0 Å². The second-order valence-electron chi connectivity index (χ2n) is 5.42. The van der Waals surface area contributed by atoms with E-state index in [2.05, 4.69) is 5.32 Å². The monoisotopic (exact) mass is 319 g/mol. The number of hydrogen-bond donors (Lipinski definition) is 2. The standard InChI is InChI=1S/C17H18ClNO3/c1-17(2,16(20)21)22-15-9-7-14(8-10-15)19-11-12-3-5-13(18)6-4-12/h3-10,19H,11H2,1-2H3,(H,20,21). The van der Waals surface area contributed by atoms with Crippen LogP contribution in [0.1, 0.15) is 19.4 Å². The van der Waals surface area contributed by atoms with Gasteiger partial charge in [0.2, 0.25) is 0 Å². The van der Waals surface area contributed by atoms with Crippen molar-refractivity contribution in [3.05, 3.63) is 59.1 Å². The first-order valence-electron chi connectivity index (χ1n) is 6.87. The van der Waals surface area contributed by atoms with Crippen molar-refractivity contribution in [2.45, 2.75) is 26.0 Å². The number of hydrogen-bond acceptors (Lipinski definition) is 3. The minimum absolute atomic E-state index is 0.518. The fourth-order valence-corrected chi connectivity index (χ4v) is 1.91. The van der Waals surface area contributed by atoms with E-state index in [1.54, 1.807) is 12.1 Å². The van der Waals surface area contributed by atoms with Gasteiger partial charge in [0.05, 0.1) is 0 Å². The highest BCUT2D eigenvalue weighted by atomic mass is 35.5. The maximum absolute atomic E-state index is 11.0. The zero-order chi connectivity index (χ0) is 16.2. The molecular formula is C17H18ClNO3. The van der Waals surface area contributed by atoms with Gasteiger partial charge in [0, 0.05) is 17.3 Å². The van der Waals surface area contributed by atoms with Crippen molar-refractivity contribution in [3.63, 3.8) is 0 Å². The fourth-order valence-electron chi connectivity index (χ4n) is 1.79. The van der Waals surface area contributed by atoms with Crippen LogP contribution in [-0.2, 0) is 11.3 Å². The second-order valence-corrected chi connectivity index (χ2v) is 5.86. The number of carboxylic acid groups (broad SMARTS) is 1. The molecule has 0 bridgehead atoms. The van der Waals surface area contributed by atoms with E-state index in [4.69, 9.17) is 21.4 Å². The Balaban J connectivity index is 1.94. The van der Waals surface area contributed by atoms with Crippen LogP contribution in [0.15, 0.2) is 48.5 Å². The van der Waals surface area contributed by atoms with Gasteiger partial charge in [-0.25, -0.2) is 4.79 Å². The van der Waals surface area contributed by atoms with Crippen molar-refractivity contribution in [1.29, 1.82) is 0 Å². The lowest BCUT2D eigenvalue weighted by Gasteiger charge is -2.21. The molecule has 0 aliphatic rings. The lowest BCUT2D eigenvalue weighted by Crippen LogP contribution is -2.37. The Morgan fingerprint density at radius 3 is 2.27 bits per heavy atom. The van der Waals surface area contributed by atoms with Crippen LogP contribution in [0, 0.1) is 0 Å². The predicted octanol–water partition coefficient (Wildman–Crippen LogP) is 4.19. The molecule has 0 fully saturated rings. The summed E-state index contributed by atoms with van der Waals surface area (Å²) in [7, 11) is 0. The number of rotatable bonds is 6. The third-order valence-electron chi connectivity index (χ3n) is 3.15. The van der Waals surface area contributed by atoms with Crippen LogP contribution >= 0.6 is 11.6 Å². The summed E-state index contributed by atoms with van der Waals surface area (Å²) in [5.74, 6) is -0.484. The van der Waals surface area contributed by atoms with Crippen LogP contribution in [0.25, 0.3) is 0 Å². The highest BCUT2D eigenvalue weighted by Gasteiger charge is 2.29. The normalized spacial score (nSPS) is 11.0. The molecule has 0 aromatic heterocycles. The Bertz CT molecular complexity index is 636. The van der Waals surface area contributed by atoms with E-state index in [0.717, 1.165) is 11.3 Å². The van der Waals surface area contributed by atoms with E-state index in [1.165, 1.54) is 13.8 Å². The number of nitrogens with one attached hydrogen (secondary N) is 1. The predicted molar refractivity (Wildman–Crippen MR) is 87.6 cm³/mol. The molecule has 2 aromatic carbocycles. The van der Waals surface area contributed by atoms with Gasteiger partial charge < -0.3 is 15.2 Å². The third kappa shape index (κ3) is 4.40. The summed E-state index contributed by atoms with van der Waals surface area (Å²) in [6, 6.07) is 14.8. The number of ether oxygens (including phenoxy) is 1. The zero-order valence-electron chi connectivity index (χ0n) is 12.5. The van der Waals surface area contributed by atoms with Crippen molar-refractivity contribution in [1.82, 2.24) is 0 Å². The van der Waals surface area contributed by atoms with Crippen molar-refractivity contribution < 1.29 is 14.6 Å². The molecule has 5 heteroatoms. The van der Waals surface area contributed by atoms with Crippen LogP contribution in [-0.4, -0.2) is 16.7 Å². The second kappa shape index (κ2) is 6.71. The lowest BCUT2D eigenvalue weighted by molar-refractivity contribution is -0.152. The molecular weight excluding hydrogens is 302 g/mol. The Kier molecular flexibility index (Phi) is 4.93. The van der Waals surface area contributed by atoms with Gasteiger partial charge in [-0.05, 0) is 55.8 Å². The smallest absolute Gasteiger partial charge is 0.347 e. The molecule has 0 amide bonds. The van der Waals surface area contributed by atoms with Crippen LogP contribution < -0.4 is 10.1 Å². The maximum atomic E-state index is 11.0. The first kappa shape index (κ1) is 16.2. The number of benzene rings is 2. The average molecular weight is 320 g/mol. The summed E-state index contributed by atoms with van der Waals surface area (Å²) < 4.78 is 5.45. The summed E-state index contributed by atoms with van der Waals surface area (Å²) >= 11 is 5.85. The highest BCUT2D eigenvalue weighted by molar-refractivity contribution is 6.30. The Labute approximate surface area is 134 Å². The molecule has 22 heavy (non-hydrogen) atoms. The minimum atomic E-state index is -1.25.